The van der Waals surface area contributed by atoms with Crippen LogP contribution in [0.4, 0.5) is 4.79 Å². The van der Waals surface area contributed by atoms with E-state index in [1.54, 1.807) is 4.90 Å². The van der Waals surface area contributed by atoms with Crippen molar-refractivity contribution in [2.24, 2.45) is 0 Å². The minimum atomic E-state index is -0.663. The second-order valence-corrected chi connectivity index (χ2v) is 9.02. The highest BCUT2D eigenvalue weighted by molar-refractivity contribution is 6.31. The minimum absolute atomic E-state index is 0.338. The lowest BCUT2D eigenvalue weighted by Crippen LogP contribution is -2.41. The topological polar surface area (TPSA) is 54.6 Å². The number of aromatic nitrogens is 1. The van der Waals surface area contributed by atoms with E-state index in [0.717, 1.165) is 39.9 Å². The van der Waals surface area contributed by atoms with E-state index in [9.17, 15) is 4.79 Å². The Morgan fingerprint density at radius 1 is 1.25 bits per heavy atom. The number of hydrogen-bond donors (Lipinski definition) is 1. The standard InChI is InChI=1S/C24H25Cl3N2O3/c1-2-21(27)32-24(30)29-12-10-18-19-14-16(26)6-9-20(19)28-22(18)23(29)15-4-7-17(8-5-15)31-13-3-11-25/h4-9,14,21,23,28H,2-3,10-13H2,1H3. The molecule has 8 heteroatoms. The molecule has 4 rings (SSSR count). The van der Waals surface area contributed by atoms with E-state index in [2.05, 4.69) is 4.98 Å². The molecular weight excluding hydrogens is 471 g/mol. The number of aromatic amines is 1. The number of nitrogens with one attached hydrogen (secondary N) is 1. The average Bonchev–Trinajstić information content (AvgIpc) is 3.17. The number of ether oxygens (including phenoxy) is 2. The number of hydrogen-bond acceptors (Lipinski definition) is 3. The van der Waals surface area contributed by atoms with Gasteiger partial charge in [-0.1, -0.05) is 42.3 Å². The lowest BCUT2D eigenvalue weighted by molar-refractivity contribution is 0.0773. The highest BCUT2D eigenvalue weighted by atomic mass is 35.5. The van der Waals surface area contributed by atoms with E-state index in [-0.39, 0.29) is 6.04 Å². The van der Waals surface area contributed by atoms with Gasteiger partial charge in [0, 0.05) is 34.0 Å². The van der Waals surface area contributed by atoms with E-state index in [1.165, 1.54) is 0 Å². The number of rotatable bonds is 7. The van der Waals surface area contributed by atoms with Gasteiger partial charge in [-0.25, -0.2) is 4.79 Å². The summed E-state index contributed by atoms with van der Waals surface area (Å²) in [6.45, 7) is 2.95. The Bertz CT molecular complexity index is 1080. The molecule has 1 amide bonds. The molecule has 0 bridgehead atoms. The summed E-state index contributed by atoms with van der Waals surface area (Å²) in [6.07, 6.45) is 1.58. The fourth-order valence-corrected chi connectivity index (χ4v) is 4.41. The average molecular weight is 496 g/mol. The van der Waals surface area contributed by atoms with Crippen LogP contribution in [0.25, 0.3) is 10.9 Å². The monoisotopic (exact) mass is 494 g/mol. The zero-order chi connectivity index (χ0) is 22.7. The van der Waals surface area contributed by atoms with Crippen molar-refractivity contribution in [3.8, 4) is 5.75 Å². The molecule has 1 N–H and O–H groups in total. The Morgan fingerprint density at radius 3 is 2.75 bits per heavy atom. The summed E-state index contributed by atoms with van der Waals surface area (Å²) in [5.74, 6) is 1.32. The molecule has 0 spiro atoms. The molecule has 1 aliphatic heterocycles. The first-order chi connectivity index (χ1) is 15.5. The summed E-state index contributed by atoms with van der Waals surface area (Å²) < 4.78 is 11.2. The molecule has 0 aliphatic carbocycles. The summed E-state index contributed by atoms with van der Waals surface area (Å²) in [6, 6.07) is 13.2. The Morgan fingerprint density at radius 2 is 2.03 bits per heavy atom. The third-order valence-electron chi connectivity index (χ3n) is 5.62. The van der Waals surface area contributed by atoms with E-state index in [4.69, 9.17) is 44.3 Å². The van der Waals surface area contributed by atoms with Crippen LogP contribution >= 0.6 is 34.8 Å². The van der Waals surface area contributed by atoms with Crippen LogP contribution in [0.5, 0.6) is 5.75 Å². The van der Waals surface area contributed by atoms with Gasteiger partial charge < -0.3 is 14.5 Å². The third-order valence-corrected chi connectivity index (χ3v) is 6.52. The molecule has 2 unspecified atom stereocenters. The number of H-pyrrole nitrogens is 1. The van der Waals surface area contributed by atoms with Gasteiger partial charge in [0.05, 0.1) is 6.61 Å². The Kier molecular flexibility index (Phi) is 7.39. The molecule has 5 nitrogen and oxygen atoms in total. The summed E-state index contributed by atoms with van der Waals surface area (Å²) in [7, 11) is 0. The van der Waals surface area contributed by atoms with Crippen LogP contribution < -0.4 is 4.74 Å². The van der Waals surface area contributed by atoms with Crippen molar-refractivity contribution in [1.29, 1.82) is 0 Å². The molecule has 0 fully saturated rings. The number of carbonyl (C=O) groups is 1. The Labute approximate surface area is 202 Å². The molecule has 2 atom stereocenters. The number of amides is 1. The molecule has 32 heavy (non-hydrogen) atoms. The molecule has 2 heterocycles. The zero-order valence-electron chi connectivity index (χ0n) is 17.7. The van der Waals surface area contributed by atoms with Gasteiger partial charge in [0.25, 0.3) is 0 Å². The first kappa shape index (κ1) is 23.1. The summed E-state index contributed by atoms with van der Waals surface area (Å²) in [5.41, 5.74) is 3.40. The van der Waals surface area contributed by atoms with Crippen LogP contribution in [0.1, 0.15) is 42.6 Å². The molecule has 0 radical (unpaired) electrons. The van der Waals surface area contributed by atoms with Gasteiger partial charge in [0.15, 0.2) is 5.56 Å². The Hall–Kier alpha value is -2.08. The second kappa shape index (κ2) is 10.2. The normalized spacial score (nSPS) is 16.6. The van der Waals surface area contributed by atoms with Gasteiger partial charge in [0.2, 0.25) is 0 Å². The highest BCUT2D eigenvalue weighted by Gasteiger charge is 2.36. The van der Waals surface area contributed by atoms with Crippen LogP contribution in [0.2, 0.25) is 5.02 Å². The fraction of sp³-hybridized carbons (Fsp3) is 0.375. The van der Waals surface area contributed by atoms with Gasteiger partial charge in [-0.05, 0) is 60.7 Å². The predicted molar refractivity (Wildman–Crippen MR) is 129 cm³/mol. The largest absolute Gasteiger partial charge is 0.494 e. The predicted octanol–water partition coefficient (Wildman–Crippen LogP) is 6.89. The SMILES string of the molecule is CCC(Cl)OC(=O)N1CCc2c([nH]c3ccc(Cl)cc23)C1c1ccc(OCCCCl)cc1. The van der Waals surface area contributed by atoms with Crippen molar-refractivity contribution in [2.75, 3.05) is 19.0 Å². The lowest BCUT2D eigenvalue weighted by atomic mass is 9.92. The van der Waals surface area contributed by atoms with Gasteiger partial charge >= 0.3 is 6.09 Å². The van der Waals surface area contributed by atoms with Crippen LogP contribution in [0.15, 0.2) is 42.5 Å². The van der Waals surface area contributed by atoms with Crippen molar-refractivity contribution in [3.63, 3.8) is 0 Å². The third kappa shape index (κ3) is 4.80. The van der Waals surface area contributed by atoms with Gasteiger partial charge in [-0.15, -0.1) is 11.6 Å². The molecule has 1 aromatic heterocycles. The van der Waals surface area contributed by atoms with Crippen molar-refractivity contribution in [1.82, 2.24) is 9.88 Å². The molecular formula is C24H25Cl3N2O3. The first-order valence-corrected chi connectivity index (χ1v) is 12.1. The number of halogens is 3. The molecule has 0 saturated carbocycles. The van der Waals surface area contributed by atoms with Crippen molar-refractivity contribution in [2.45, 2.75) is 37.8 Å². The number of alkyl halides is 2. The molecule has 170 valence electrons. The maximum atomic E-state index is 13.0. The zero-order valence-corrected chi connectivity index (χ0v) is 20.0. The van der Waals surface area contributed by atoms with Gasteiger partial charge in [-0.2, -0.15) is 0 Å². The van der Waals surface area contributed by atoms with Crippen LogP contribution in [-0.4, -0.2) is 40.6 Å². The number of benzene rings is 2. The van der Waals surface area contributed by atoms with Gasteiger partial charge in [-0.3, -0.25) is 4.90 Å². The Balaban J connectivity index is 1.72. The smallest absolute Gasteiger partial charge is 0.412 e. The molecule has 1 aliphatic rings. The maximum Gasteiger partial charge on any atom is 0.412 e. The maximum absolute atomic E-state index is 13.0. The number of carbonyl (C=O) groups excluding carboxylic acids is 1. The van der Waals surface area contributed by atoms with E-state index in [1.807, 2.05) is 49.4 Å². The molecule has 0 saturated heterocycles. The van der Waals surface area contributed by atoms with Gasteiger partial charge in [0.1, 0.15) is 11.8 Å². The molecule has 2 aromatic carbocycles. The van der Waals surface area contributed by atoms with E-state index < -0.39 is 11.7 Å². The number of nitrogens with zero attached hydrogens (tertiary/aromatic N) is 1. The number of fused-ring (bicyclic) bond motifs is 3. The summed E-state index contributed by atoms with van der Waals surface area (Å²) in [4.78, 5) is 18.3. The first-order valence-electron chi connectivity index (χ1n) is 10.7. The lowest BCUT2D eigenvalue weighted by Gasteiger charge is -2.35. The quantitative estimate of drug-likeness (QED) is 0.287. The second-order valence-electron chi connectivity index (χ2n) is 7.72. The van der Waals surface area contributed by atoms with Crippen LogP contribution in [-0.2, 0) is 11.2 Å². The van der Waals surface area contributed by atoms with Crippen molar-refractivity contribution >= 4 is 51.8 Å². The summed E-state index contributed by atoms with van der Waals surface area (Å²) >= 11 is 18.1. The molecule has 3 aromatic rings. The minimum Gasteiger partial charge on any atom is -0.494 e. The van der Waals surface area contributed by atoms with Crippen molar-refractivity contribution in [3.05, 3.63) is 64.3 Å². The van der Waals surface area contributed by atoms with Crippen LogP contribution in [0, 0.1) is 0 Å². The van der Waals surface area contributed by atoms with Crippen molar-refractivity contribution < 1.29 is 14.3 Å². The highest BCUT2D eigenvalue weighted by Crippen LogP contribution is 2.40. The summed E-state index contributed by atoms with van der Waals surface area (Å²) in [5, 5.41) is 1.76. The van der Waals surface area contributed by atoms with E-state index >= 15 is 0 Å². The van der Waals surface area contributed by atoms with Crippen LogP contribution in [0.3, 0.4) is 0 Å². The fourth-order valence-electron chi connectivity index (χ4n) is 4.06. The van der Waals surface area contributed by atoms with E-state index in [0.29, 0.717) is 36.9 Å².